The monoisotopic (exact) mass is 264 g/mol. The van der Waals surface area contributed by atoms with Gasteiger partial charge in [0.25, 0.3) is 0 Å². The van der Waals surface area contributed by atoms with Crippen LogP contribution in [0.3, 0.4) is 0 Å². The minimum atomic E-state index is 0.492. The zero-order chi connectivity index (χ0) is 14.0. The van der Waals surface area contributed by atoms with Gasteiger partial charge in [-0.2, -0.15) is 0 Å². The number of aryl methyl sites for hydroxylation is 1. The first-order valence-corrected chi connectivity index (χ1v) is 7.49. The first-order chi connectivity index (χ1) is 8.97. The first-order valence-electron chi connectivity index (χ1n) is 7.49. The van der Waals surface area contributed by atoms with Gasteiger partial charge in [0.05, 0.1) is 6.54 Å². The molecule has 3 nitrogen and oxygen atoms in total. The van der Waals surface area contributed by atoms with Crippen LogP contribution in [0.15, 0.2) is 10.5 Å². The Balaban J connectivity index is 1.92. The van der Waals surface area contributed by atoms with Crippen LogP contribution in [0, 0.1) is 12.8 Å². The van der Waals surface area contributed by atoms with E-state index in [2.05, 4.69) is 51.0 Å². The summed E-state index contributed by atoms with van der Waals surface area (Å²) in [6, 6.07) is 3.39. The van der Waals surface area contributed by atoms with Crippen LogP contribution in [-0.4, -0.2) is 24.0 Å². The minimum Gasteiger partial charge on any atom is -0.465 e. The highest BCUT2D eigenvalue weighted by Crippen LogP contribution is 2.35. The number of hydrogen-bond acceptors (Lipinski definition) is 3. The average molecular weight is 264 g/mol. The fraction of sp³-hybridized carbons (Fsp3) is 0.750. The molecule has 1 aliphatic carbocycles. The lowest BCUT2D eigenvalue weighted by Gasteiger charge is -2.24. The van der Waals surface area contributed by atoms with Crippen LogP contribution < -0.4 is 5.32 Å². The molecule has 1 aromatic heterocycles. The molecule has 19 heavy (non-hydrogen) atoms. The van der Waals surface area contributed by atoms with Crippen molar-refractivity contribution in [3.8, 4) is 0 Å². The Bertz CT molecular complexity index is 407. The van der Waals surface area contributed by atoms with Crippen molar-refractivity contribution in [1.82, 2.24) is 10.2 Å². The fourth-order valence-corrected chi connectivity index (χ4v) is 2.49. The van der Waals surface area contributed by atoms with Crippen LogP contribution in [0.25, 0.3) is 0 Å². The molecule has 1 atom stereocenters. The lowest BCUT2D eigenvalue weighted by molar-refractivity contribution is 0.225. The first kappa shape index (κ1) is 14.6. The Morgan fingerprint density at radius 3 is 2.63 bits per heavy atom. The SMILES string of the molecule is Cc1oc(CNC(C)C)cc1CN(C)C(C)C1CC1. The average Bonchev–Trinajstić information content (AvgIpc) is 3.12. The summed E-state index contributed by atoms with van der Waals surface area (Å²) in [6.07, 6.45) is 2.80. The smallest absolute Gasteiger partial charge is 0.118 e. The zero-order valence-electron chi connectivity index (χ0n) is 13.0. The predicted octanol–water partition coefficient (Wildman–Crippen LogP) is 3.32. The van der Waals surface area contributed by atoms with E-state index < -0.39 is 0 Å². The zero-order valence-corrected chi connectivity index (χ0v) is 13.0. The standard InChI is InChI=1S/C16H28N2O/c1-11(2)17-9-16-8-15(13(4)19-16)10-18(5)12(3)14-6-7-14/h8,11-12,14,17H,6-7,9-10H2,1-5H3. The number of nitrogens with zero attached hydrogens (tertiary/aromatic N) is 1. The van der Waals surface area contributed by atoms with Crippen molar-refractivity contribution >= 4 is 0 Å². The van der Waals surface area contributed by atoms with E-state index in [9.17, 15) is 0 Å². The lowest BCUT2D eigenvalue weighted by Crippen LogP contribution is -2.30. The Kier molecular flexibility index (Phi) is 4.69. The molecule has 1 aliphatic rings. The second-order valence-corrected chi connectivity index (χ2v) is 6.32. The van der Waals surface area contributed by atoms with Crippen molar-refractivity contribution in [1.29, 1.82) is 0 Å². The summed E-state index contributed by atoms with van der Waals surface area (Å²) in [5.74, 6) is 3.03. The Hall–Kier alpha value is -0.800. The van der Waals surface area contributed by atoms with Gasteiger partial charge >= 0.3 is 0 Å². The largest absolute Gasteiger partial charge is 0.465 e. The summed E-state index contributed by atoms with van der Waals surface area (Å²) >= 11 is 0. The molecule has 1 aromatic rings. The maximum atomic E-state index is 5.83. The number of furan rings is 1. The number of rotatable bonds is 7. The highest BCUT2D eigenvalue weighted by Gasteiger charge is 2.30. The molecule has 0 aromatic carbocycles. The van der Waals surface area contributed by atoms with Gasteiger partial charge in [0.15, 0.2) is 0 Å². The molecule has 0 bridgehead atoms. The second kappa shape index (κ2) is 6.10. The quantitative estimate of drug-likeness (QED) is 0.819. The van der Waals surface area contributed by atoms with Gasteiger partial charge in [-0.25, -0.2) is 0 Å². The van der Waals surface area contributed by atoms with Gasteiger partial charge in [0.2, 0.25) is 0 Å². The van der Waals surface area contributed by atoms with Crippen molar-refractivity contribution in [2.24, 2.45) is 5.92 Å². The molecule has 0 aliphatic heterocycles. The third kappa shape index (κ3) is 4.08. The van der Waals surface area contributed by atoms with E-state index in [0.717, 1.165) is 30.5 Å². The molecule has 1 unspecified atom stereocenters. The van der Waals surface area contributed by atoms with E-state index in [1.165, 1.54) is 18.4 Å². The van der Waals surface area contributed by atoms with Crippen LogP contribution in [0.5, 0.6) is 0 Å². The van der Waals surface area contributed by atoms with E-state index in [4.69, 9.17) is 4.42 Å². The molecule has 0 spiro atoms. The molecule has 1 N–H and O–H groups in total. The van der Waals surface area contributed by atoms with Gasteiger partial charge < -0.3 is 9.73 Å². The van der Waals surface area contributed by atoms with Crippen LogP contribution in [0.1, 0.15) is 50.7 Å². The van der Waals surface area contributed by atoms with Gasteiger partial charge in [-0.15, -0.1) is 0 Å². The van der Waals surface area contributed by atoms with Crippen LogP contribution in [0.4, 0.5) is 0 Å². The van der Waals surface area contributed by atoms with Crippen LogP contribution >= 0.6 is 0 Å². The summed E-state index contributed by atoms with van der Waals surface area (Å²) in [5, 5.41) is 3.40. The Morgan fingerprint density at radius 1 is 1.37 bits per heavy atom. The summed E-state index contributed by atoms with van der Waals surface area (Å²) < 4.78 is 5.83. The molecule has 1 fully saturated rings. The highest BCUT2D eigenvalue weighted by atomic mass is 16.3. The number of hydrogen-bond donors (Lipinski definition) is 1. The van der Waals surface area contributed by atoms with Crippen molar-refractivity contribution in [3.05, 3.63) is 23.2 Å². The van der Waals surface area contributed by atoms with E-state index in [-0.39, 0.29) is 0 Å². The van der Waals surface area contributed by atoms with Crippen molar-refractivity contribution in [2.75, 3.05) is 7.05 Å². The van der Waals surface area contributed by atoms with E-state index in [1.807, 2.05) is 0 Å². The van der Waals surface area contributed by atoms with Crippen LogP contribution in [0.2, 0.25) is 0 Å². The minimum absolute atomic E-state index is 0.492. The van der Waals surface area contributed by atoms with Gasteiger partial charge in [0.1, 0.15) is 11.5 Å². The maximum absolute atomic E-state index is 5.83. The molecule has 0 saturated heterocycles. The maximum Gasteiger partial charge on any atom is 0.118 e. The van der Waals surface area contributed by atoms with Crippen molar-refractivity contribution < 1.29 is 4.42 Å². The normalized spacial score (nSPS) is 17.4. The highest BCUT2D eigenvalue weighted by molar-refractivity contribution is 5.21. The molecule has 1 saturated carbocycles. The second-order valence-electron chi connectivity index (χ2n) is 6.32. The summed E-state index contributed by atoms with van der Waals surface area (Å²) in [6.45, 7) is 10.5. The van der Waals surface area contributed by atoms with Gasteiger partial charge in [-0.05, 0) is 45.7 Å². The molecule has 3 heteroatoms. The molecule has 0 radical (unpaired) electrons. The number of nitrogens with one attached hydrogen (secondary N) is 1. The van der Waals surface area contributed by atoms with E-state index in [1.54, 1.807) is 0 Å². The fourth-order valence-electron chi connectivity index (χ4n) is 2.49. The Morgan fingerprint density at radius 2 is 2.05 bits per heavy atom. The summed E-state index contributed by atoms with van der Waals surface area (Å²) in [5.41, 5.74) is 1.33. The topological polar surface area (TPSA) is 28.4 Å². The van der Waals surface area contributed by atoms with Crippen LogP contribution in [-0.2, 0) is 13.1 Å². The van der Waals surface area contributed by atoms with Crippen molar-refractivity contribution in [2.45, 2.75) is 65.7 Å². The summed E-state index contributed by atoms with van der Waals surface area (Å²) in [7, 11) is 2.22. The van der Waals surface area contributed by atoms with Gasteiger partial charge in [0, 0.05) is 24.2 Å². The molecule has 108 valence electrons. The predicted molar refractivity (Wildman–Crippen MR) is 79.1 cm³/mol. The summed E-state index contributed by atoms with van der Waals surface area (Å²) in [4.78, 5) is 2.45. The molecule has 0 amide bonds. The van der Waals surface area contributed by atoms with E-state index in [0.29, 0.717) is 12.1 Å². The van der Waals surface area contributed by atoms with Crippen molar-refractivity contribution in [3.63, 3.8) is 0 Å². The Labute approximate surface area is 117 Å². The third-order valence-electron chi connectivity index (χ3n) is 4.18. The molecular weight excluding hydrogens is 236 g/mol. The molecular formula is C16H28N2O. The lowest BCUT2D eigenvalue weighted by atomic mass is 10.1. The van der Waals surface area contributed by atoms with Gasteiger partial charge in [-0.1, -0.05) is 13.8 Å². The molecule has 2 rings (SSSR count). The molecule has 1 heterocycles. The van der Waals surface area contributed by atoms with Gasteiger partial charge in [-0.3, -0.25) is 4.90 Å². The van der Waals surface area contributed by atoms with E-state index >= 15 is 0 Å². The third-order valence-corrected chi connectivity index (χ3v) is 4.18.